The number of carbonyl (C=O) groups excluding carboxylic acids is 2. The first kappa shape index (κ1) is 19.0. The van der Waals surface area contributed by atoms with Gasteiger partial charge >= 0.3 is 0 Å². The third kappa shape index (κ3) is 3.54. The number of thioether (sulfide) groups is 1. The Hall–Kier alpha value is -2.32. The lowest BCUT2D eigenvalue weighted by Gasteiger charge is -2.23. The summed E-state index contributed by atoms with van der Waals surface area (Å²) in [7, 11) is -3.64. The number of nitrogens with zero attached hydrogens (tertiary/aromatic N) is 1. The molecule has 146 valence electrons. The minimum Gasteiger partial charge on any atom is -0.324 e. The van der Waals surface area contributed by atoms with Gasteiger partial charge in [-0.2, -0.15) is 0 Å². The van der Waals surface area contributed by atoms with Crippen LogP contribution in [0, 0.1) is 0 Å². The summed E-state index contributed by atoms with van der Waals surface area (Å²) in [5, 5.41) is 2.70. The van der Waals surface area contributed by atoms with Crippen LogP contribution in [-0.2, 0) is 25.8 Å². The Bertz CT molecular complexity index is 1070. The smallest absolute Gasteiger partial charge is 0.234 e. The number of amides is 2. The van der Waals surface area contributed by atoms with Crippen LogP contribution in [0.2, 0.25) is 0 Å². The van der Waals surface area contributed by atoms with Gasteiger partial charge in [-0.3, -0.25) is 9.59 Å². The zero-order valence-electron chi connectivity index (χ0n) is 15.3. The molecule has 0 radical (unpaired) electrons. The lowest BCUT2D eigenvalue weighted by molar-refractivity contribution is -0.118. The second kappa shape index (κ2) is 7.25. The van der Waals surface area contributed by atoms with E-state index in [1.165, 1.54) is 23.9 Å². The molecule has 0 saturated heterocycles. The van der Waals surface area contributed by atoms with Crippen LogP contribution in [0.5, 0.6) is 0 Å². The van der Waals surface area contributed by atoms with E-state index in [-0.39, 0.29) is 34.9 Å². The minimum atomic E-state index is -3.64. The van der Waals surface area contributed by atoms with Gasteiger partial charge in [0.15, 0.2) is 9.84 Å². The molecule has 2 heterocycles. The second-order valence-electron chi connectivity index (χ2n) is 7.01. The highest BCUT2D eigenvalue weighted by Crippen LogP contribution is 2.34. The molecule has 8 heteroatoms. The average molecular weight is 417 g/mol. The van der Waals surface area contributed by atoms with Crippen molar-refractivity contribution in [3.63, 3.8) is 0 Å². The number of para-hydroxylation sites is 1. The van der Waals surface area contributed by atoms with Crippen molar-refractivity contribution < 1.29 is 18.0 Å². The summed E-state index contributed by atoms with van der Waals surface area (Å²) in [6, 6.07) is 12.5. The van der Waals surface area contributed by atoms with Crippen LogP contribution in [-0.4, -0.2) is 37.8 Å². The van der Waals surface area contributed by atoms with Gasteiger partial charge in [-0.1, -0.05) is 18.2 Å². The predicted molar refractivity (Wildman–Crippen MR) is 110 cm³/mol. The van der Waals surface area contributed by atoms with Crippen LogP contribution in [0.15, 0.2) is 52.3 Å². The summed E-state index contributed by atoms with van der Waals surface area (Å²) in [5.74, 6) is -0.285. The third-order valence-corrected chi connectivity index (χ3v) is 7.79. The predicted octanol–water partition coefficient (Wildman–Crippen LogP) is 2.87. The van der Waals surface area contributed by atoms with E-state index >= 15 is 0 Å². The Morgan fingerprint density at radius 3 is 2.86 bits per heavy atom. The lowest BCUT2D eigenvalue weighted by Crippen LogP contribution is -2.36. The number of nitrogens with one attached hydrogen (secondary N) is 1. The fraction of sp³-hybridized carbons (Fsp3) is 0.300. The van der Waals surface area contributed by atoms with Crippen LogP contribution in [0.1, 0.15) is 18.9 Å². The van der Waals surface area contributed by atoms with Crippen LogP contribution in [0.3, 0.4) is 0 Å². The van der Waals surface area contributed by atoms with E-state index in [0.29, 0.717) is 11.4 Å². The maximum Gasteiger partial charge on any atom is 0.234 e. The molecule has 0 unspecified atom stereocenters. The highest BCUT2D eigenvalue weighted by atomic mass is 32.2. The van der Waals surface area contributed by atoms with Gasteiger partial charge in [0.2, 0.25) is 11.8 Å². The van der Waals surface area contributed by atoms with Gasteiger partial charge in [0.1, 0.15) is 0 Å². The van der Waals surface area contributed by atoms with Gasteiger partial charge in [0.05, 0.1) is 22.1 Å². The van der Waals surface area contributed by atoms with Crippen molar-refractivity contribution in [1.82, 2.24) is 0 Å². The topological polar surface area (TPSA) is 83.6 Å². The fourth-order valence-electron chi connectivity index (χ4n) is 3.66. The van der Waals surface area contributed by atoms with Crippen LogP contribution in [0.4, 0.5) is 11.4 Å². The molecule has 2 aliphatic heterocycles. The molecule has 0 spiro atoms. The minimum absolute atomic E-state index is 0.0172. The van der Waals surface area contributed by atoms with Crippen molar-refractivity contribution in [1.29, 1.82) is 0 Å². The van der Waals surface area contributed by atoms with E-state index in [2.05, 4.69) is 5.32 Å². The van der Waals surface area contributed by atoms with Gasteiger partial charge in [0.25, 0.3) is 0 Å². The molecule has 2 aliphatic rings. The molecule has 0 bridgehead atoms. The first-order valence-electron chi connectivity index (χ1n) is 9.04. The van der Waals surface area contributed by atoms with E-state index in [0.717, 1.165) is 22.6 Å². The fourth-order valence-corrected chi connectivity index (χ4v) is 5.70. The molecule has 0 aliphatic carbocycles. The molecular formula is C20H20N2O4S2. The summed E-state index contributed by atoms with van der Waals surface area (Å²) >= 11 is 1.38. The summed E-state index contributed by atoms with van der Waals surface area (Å²) in [4.78, 5) is 27.0. The van der Waals surface area contributed by atoms with Gasteiger partial charge < -0.3 is 10.2 Å². The monoisotopic (exact) mass is 416 g/mol. The molecule has 2 aromatic carbocycles. The first-order chi connectivity index (χ1) is 13.3. The summed E-state index contributed by atoms with van der Waals surface area (Å²) in [6.45, 7) is 1.97. The quantitative estimate of drug-likeness (QED) is 0.829. The summed E-state index contributed by atoms with van der Waals surface area (Å²) in [6.07, 6.45) is 0.691. The number of hydrogen-bond acceptors (Lipinski definition) is 5. The summed E-state index contributed by atoms with van der Waals surface area (Å²) in [5.41, 5.74) is 2.48. The lowest BCUT2D eigenvalue weighted by atomic mass is 10.1. The molecule has 1 N–H and O–H groups in total. The maximum absolute atomic E-state index is 12.8. The number of carbonyl (C=O) groups is 2. The van der Waals surface area contributed by atoms with Crippen molar-refractivity contribution in [3.8, 4) is 0 Å². The number of fused-ring (bicyclic) bond motifs is 2. The van der Waals surface area contributed by atoms with Crippen LogP contribution >= 0.6 is 11.8 Å². The van der Waals surface area contributed by atoms with E-state index in [9.17, 15) is 18.0 Å². The standard InChI is InChI=1S/C20H20N2O4S2/c1-13-10-14-4-2-3-5-17(14)22(13)20(24)8-9-28(25,26)15-6-7-18-16(11-15)21-19(23)12-27-18/h2-7,11,13H,8-10,12H2,1H3,(H,21,23)/t13-/m1/s1. The zero-order valence-corrected chi connectivity index (χ0v) is 17.0. The molecule has 0 fully saturated rings. The highest BCUT2D eigenvalue weighted by molar-refractivity contribution is 8.00. The Morgan fingerprint density at radius 1 is 1.25 bits per heavy atom. The van der Waals surface area contributed by atoms with E-state index in [4.69, 9.17) is 0 Å². The Balaban J connectivity index is 1.49. The van der Waals surface area contributed by atoms with Crippen molar-refractivity contribution in [2.24, 2.45) is 0 Å². The van der Waals surface area contributed by atoms with E-state index in [1.54, 1.807) is 11.0 Å². The van der Waals surface area contributed by atoms with Crippen molar-refractivity contribution in [2.75, 3.05) is 21.7 Å². The van der Waals surface area contributed by atoms with Gasteiger partial charge in [0, 0.05) is 23.0 Å². The number of sulfone groups is 1. The molecule has 0 aromatic heterocycles. The molecule has 1 atom stereocenters. The number of benzene rings is 2. The molecule has 2 amide bonds. The van der Waals surface area contributed by atoms with Gasteiger partial charge in [-0.25, -0.2) is 8.42 Å². The van der Waals surface area contributed by atoms with E-state index in [1.807, 2.05) is 31.2 Å². The number of hydrogen-bond donors (Lipinski definition) is 1. The normalized spacial score (nSPS) is 18.4. The van der Waals surface area contributed by atoms with Gasteiger partial charge in [-0.05, 0) is 43.2 Å². The SMILES string of the molecule is C[C@@H]1Cc2ccccc2N1C(=O)CCS(=O)(=O)c1ccc2c(c1)NC(=O)CS2. The molecule has 0 saturated carbocycles. The number of rotatable bonds is 4. The van der Waals surface area contributed by atoms with Crippen molar-refractivity contribution in [3.05, 3.63) is 48.0 Å². The first-order valence-corrected chi connectivity index (χ1v) is 11.7. The number of anilines is 2. The van der Waals surface area contributed by atoms with Crippen molar-refractivity contribution in [2.45, 2.75) is 35.6 Å². The van der Waals surface area contributed by atoms with Crippen LogP contribution in [0.25, 0.3) is 0 Å². The maximum atomic E-state index is 12.8. The Labute approximate surface area is 168 Å². The zero-order chi connectivity index (χ0) is 19.9. The van der Waals surface area contributed by atoms with Crippen LogP contribution < -0.4 is 10.2 Å². The molecule has 4 rings (SSSR count). The summed E-state index contributed by atoms with van der Waals surface area (Å²) < 4.78 is 25.5. The van der Waals surface area contributed by atoms with E-state index < -0.39 is 9.84 Å². The third-order valence-electron chi connectivity index (χ3n) is 5.00. The Kier molecular flexibility index (Phi) is 4.93. The second-order valence-corrected chi connectivity index (χ2v) is 10.1. The van der Waals surface area contributed by atoms with Crippen molar-refractivity contribution >= 4 is 44.8 Å². The average Bonchev–Trinajstić information content (AvgIpc) is 3.01. The van der Waals surface area contributed by atoms with Gasteiger partial charge in [-0.15, -0.1) is 11.8 Å². The largest absolute Gasteiger partial charge is 0.324 e. The molecule has 2 aromatic rings. The molecular weight excluding hydrogens is 396 g/mol. The Morgan fingerprint density at radius 2 is 2.04 bits per heavy atom. The molecule has 28 heavy (non-hydrogen) atoms. The molecule has 6 nitrogen and oxygen atoms in total. The highest BCUT2D eigenvalue weighted by Gasteiger charge is 2.31.